The summed E-state index contributed by atoms with van der Waals surface area (Å²) < 4.78 is 0. The Bertz CT molecular complexity index is 64.0. The molecule has 0 aromatic heterocycles. The fraction of sp³-hybridized carbons (Fsp3) is 0. The number of aliphatic carboxylic acids is 1. The molecule has 0 aliphatic heterocycles. The quantitative estimate of drug-likeness (QED) is 0.263. The Balaban J connectivity index is -0.0000000800. The third-order valence-electron chi connectivity index (χ3n) is 0.167. The minimum atomic E-state index is -1.23. The van der Waals surface area contributed by atoms with Gasteiger partial charge < -0.3 is 9.90 Å². The Hall–Kier alpha value is 1.85. The van der Waals surface area contributed by atoms with Gasteiger partial charge in [0.1, 0.15) is 0 Å². The third-order valence-corrected chi connectivity index (χ3v) is 0.167. The molecule has 0 aliphatic rings. The molecule has 0 rings (SSSR count). The number of carboxylic acid groups (broad SMARTS) is 1. The third kappa shape index (κ3) is 18.1. The summed E-state index contributed by atoms with van der Waals surface area (Å²) in [6.45, 7) is 2.90. The number of hydrogen-bond acceptors (Lipinski definition) is 2. The van der Waals surface area contributed by atoms with Gasteiger partial charge in [0.05, 0.1) is 5.97 Å². The molecule has 0 aromatic rings. The molecule has 0 radical (unpaired) electrons. The van der Waals surface area contributed by atoms with Crippen molar-refractivity contribution in [1.29, 1.82) is 0 Å². The molecule has 0 heterocycles. The van der Waals surface area contributed by atoms with Crippen molar-refractivity contribution in [2.75, 3.05) is 0 Å². The first-order valence-corrected chi connectivity index (χ1v) is 1.11. The van der Waals surface area contributed by atoms with Crippen molar-refractivity contribution in [2.45, 2.75) is 0 Å². The van der Waals surface area contributed by atoms with Crippen LogP contribution in [0.3, 0.4) is 0 Å². The summed E-state index contributed by atoms with van der Waals surface area (Å²) in [6, 6.07) is 0. The van der Waals surface area contributed by atoms with E-state index in [1.54, 1.807) is 0 Å². The van der Waals surface area contributed by atoms with Crippen molar-refractivity contribution in [3.05, 3.63) is 12.7 Å². The Labute approximate surface area is 107 Å². The number of hydrogen-bond donors (Lipinski definition) is 0. The zero-order valence-electron chi connectivity index (χ0n) is 4.60. The Morgan fingerprint density at radius 1 is 1.71 bits per heavy atom. The van der Waals surface area contributed by atoms with Crippen LogP contribution in [0.4, 0.5) is 0 Å². The number of carbonyl (C=O) groups is 1. The van der Waals surface area contributed by atoms with Crippen molar-refractivity contribution >= 4 is 5.97 Å². The maximum Gasteiger partial charge on any atom is 1.00 e. The molecule has 0 saturated heterocycles. The minimum absolute atomic E-state index is 0. The molecule has 4 heteroatoms. The van der Waals surface area contributed by atoms with Gasteiger partial charge in [-0.2, -0.15) is 0 Å². The van der Waals surface area contributed by atoms with E-state index in [2.05, 4.69) is 6.58 Å². The van der Waals surface area contributed by atoms with E-state index >= 15 is 0 Å². The minimum Gasteiger partial charge on any atom is -0.545 e. The molecule has 0 saturated carbocycles. The van der Waals surface area contributed by atoms with Crippen LogP contribution in [0.15, 0.2) is 12.7 Å². The molecule has 0 N–H and O–H groups in total. The summed E-state index contributed by atoms with van der Waals surface area (Å²) in [5.74, 6) is -1.23. The Morgan fingerprint density at radius 2 is 1.86 bits per heavy atom. The topological polar surface area (TPSA) is 40.1 Å². The van der Waals surface area contributed by atoms with Crippen LogP contribution in [-0.2, 0) is 4.79 Å². The van der Waals surface area contributed by atoms with Gasteiger partial charge in [0.2, 0.25) is 0 Å². The maximum atomic E-state index is 9.14. The van der Waals surface area contributed by atoms with Gasteiger partial charge in [-0.25, -0.2) is 0 Å². The van der Waals surface area contributed by atoms with Gasteiger partial charge in [0.15, 0.2) is 0 Å². The van der Waals surface area contributed by atoms with Crippen LogP contribution in [0.25, 0.3) is 0 Å². The molecule has 0 bridgehead atoms. The molecule has 0 aliphatic carbocycles. The largest absolute Gasteiger partial charge is 1.00 e. The predicted molar refractivity (Wildman–Crippen MR) is 15.2 cm³/mol. The summed E-state index contributed by atoms with van der Waals surface area (Å²) >= 11 is 0. The van der Waals surface area contributed by atoms with Crippen LogP contribution < -0.4 is 86.0 Å². The fourth-order valence-electron chi connectivity index (χ4n) is 0. The van der Waals surface area contributed by atoms with E-state index < -0.39 is 5.97 Å². The summed E-state index contributed by atoms with van der Waals surface area (Å²) in [6.07, 6.45) is 0.722. The van der Waals surface area contributed by atoms with Gasteiger partial charge in [0.25, 0.3) is 0 Å². The van der Waals surface area contributed by atoms with Crippen LogP contribution in [0.2, 0.25) is 0 Å². The molecular formula is C3H3KNaO2+. The second-order valence-electron chi connectivity index (χ2n) is 0.523. The number of carbonyl (C=O) groups excluding carboxylic acids is 1. The van der Waals surface area contributed by atoms with Crippen molar-refractivity contribution < 1.29 is 90.8 Å². The zero-order chi connectivity index (χ0) is 4.28. The van der Waals surface area contributed by atoms with Gasteiger partial charge in [-0.1, -0.05) is 6.58 Å². The second-order valence-corrected chi connectivity index (χ2v) is 0.523. The van der Waals surface area contributed by atoms with E-state index in [9.17, 15) is 0 Å². The van der Waals surface area contributed by atoms with Gasteiger partial charge in [-0.3, -0.25) is 0 Å². The van der Waals surface area contributed by atoms with Crippen LogP contribution in [0.1, 0.15) is 0 Å². The Morgan fingerprint density at radius 3 is 1.86 bits per heavy atom. The first kappa shape index (κ1) is 15.9. The summed E-state index contributed by atoms with van der Waals surface area (Å²) in [5, 5.41) is 9.14. The molecule has 0 aromatic carbocycles. The smallest absolute Gasteiger partial charge is 0.545 e. The van der Waals surface area contributed by atoms with E-state index in [1.807, 2.05) is 0 Å². The average molecular weight is 133 g/mol. The Kier molecular flexibility index (Phi) is 24.5. The standard InChI is InChI=1S/C3H4O2.K.Na/c1-2-3(4)5;;/h2H,1H2,(H,4,5);;/q;2*+1/p-1. The molecule has 2 nitrogen and oxygen atoms in total. The molecular weight excluding hydrogens is 130 g/mol. The first-order valence-electron chi connectivity index (χ1n) is 1.11. The van der Waals surface area contributed by atoms with E-state index in [-0.39, 0.29) is 80.9 Å². The summed E-state index contributed by atoms with van der Waals surface area (Å²) in [5.41, 5.74) is 0. The number of carboxylic acids is 1. The van der Waals surface area contributed by atoms with Crippen LogP contribution >= 0.6 is 0 Å². The van der Waals surface area contributed by atoms with E-state index in [0.717, 1.165) is 6.08 Å². The molecule has 0 fully saturated rings. The monoisotopic (exact) mass is 133 g/mol. The average Bonchev–Trinajstić information content (AvgIpc) is 1.38. The predicted octanol–water partition coefficient (Wildman–Crippen LogP) is -7.07. The molecule has 0 unspecified atom stereocenters. The van der Waals surface area contributed by atoms with E-state index in [0.29, 0.717) is 0 Å². The maximum absolute atomic E-state index is 9.14. The summed E-state index contributed by atoms with van der Waals surface area (Å²) in [4.78, 5) is 9.14. The van der Waals surface area contributed by atoms with Crippen LogP contribution in [0.5, 0.6) is 0 Å². The first-order chi connectivity index (χ1) is 2.27. The van der Waals surface area contributed by atoms with Gasteiger partial charge >= 0.3 is 80.9 Å². The molecule has 0 spiro atoms. The van der Waals surface area contributed by atoms with Crippen molar-refractivity contribution in [3.8, 4) is 0 Å². The van der Waals surface area contributed by atoms with Gasteiger partial charge in [-0.05, 0) is 6.08 Å². The second kappa shape index (κ2) is 10.8. The van der Waals surface area contributed by atoms with E-state index in [1.165, 1.54) is 0 Å². The number of rotatable bonds is 1. The SMILES string of the molecule is C=CC(=O)[O-].[K+].[Na+]. The normalized spacial score (nSPS) is 4.57. The summed E-state index contributed by atoms with van der Waals surface area (Å²) in [7, 11) is 0. The zero-order valence-corrected chi connectivity index (χ0v) is 9.72. The van der Waals surface area contributed by atoms with E-state index in [4.69, 9.17) is 9.90 Å². The molecule has 0 atom stereocenters. The van der Waals surface area contributed by atoms with Crippen molar-refractivity contribution in [1.82, 2.24) is 0 Å². The molecule has 7 heavy (non-hydrogen) atoms. The van der Waals surface area contributed by atoms with Gasteiger partial charge in [0, 0.05) is 0 Å². The van der Waals surface area contributed by atoms with Crippen molar-refractivity contribution in [3.63, 3.8) is 0 Å². The molecule has 28 valence electrons. The molecule has 0 amide bonds. The van der Waals surface area contributed by atoms with Crippen LogP contribution in [-0.4, -0.2) is 5.97 Å². The van der Waals surface area contributed by atoms with Crippen LogP contribution in [0, 0.1) is 0 Å². The van der Waals surface area contributed by atoms with Crippen molar-refractivity contribution in [2.24, 2.45) is 0 Å². The van der Waals surface area contributed by atoms with Gasteiger partial charge in [-0.15, -0.1) is 0 Å². The fourth-order valence-corrected chi connectivity index (χ4v) is 0.